The predicted molar refractivity (Wildman–Crippen MR) is 114 cm³/mol. The Morgan fingerprint density at radius 1 is 1.00 bits per heavy atom. The number of rotatable bonds is 3. The summed E-state index contributed by atoms with van der Waals surface area (Å²) >= 11 is 0. The van der Waals surface area contributed by atoms with Crippen molar-refractivity contribution in [1.29, 1.82) is 0 Å². The van der Waals surface area contributed by atoms with Crippen LogP contribution in [0.3, 0.4) is 0 Å². The summed E-state index contributed by atoms with van der Waals surface area (Å²) in [6.07, 6.45) is 5.40. The van der Waals surface area contributed by atoms with Crippen molar-refractivity contribution < 1.29 is 14.3 Å². The molecule has 0 N–H and O–H groups in total. The molecular weight excluding hydrogens is 374 g/mol. The molecule has 0 radical (unpaired) electrons. The maximum atomic E-state index is 12.2. The summed E-state index contributed by atoms with van der Waals surface area (Å²) in [6.45, 7) is 3.21. The molecule has 144 valence electrons. The number of allylic oxidation sites excluding steroid dienone is 1. The smallest absolute Gasteiger partial charge is 0.325 e. The van der Waals surface area contributed by atoms with Crippen LogP contribution >= 0.6 is 12.4 Å². The molecule has 0 spiro atoms. The largest absolute Gasteiger partial charge is 0.426 e. The molecule has 4 nitrogen and oxygen atoms in total. The number of fused-ring (bicyclic) bond motifs is 5. The minimum absolute atomic E-state index is 0. The van der Waals surface area contributed by atoms with Gasteiger partial charge in [0.2, 0.25) is 0 Å². The second kappa shape index (κ2) is 7.92. The summed E-state index contributed by atoms with van der Waals surface area (Å²) in [5, 5.41) is 4.84. The van der Waals surface area contributed by atoms with Crippen molar-refractivity contribution in [3.63, 3.8) is 0 Å². The maximum Gasteiger partial charge on any atom is 0.325 e. The Balaban J connectivity index is 0.00000192. The average Bonchev–Trinajstić information content (AvgIpc) is 3.17. The molecule has 5 rings (SSSR count). The van der Waals surface area contributed by atoms with E-state index in [-0.39, 0.29) is 18.4 Å². The number of ether oxygens (including phenoxy) is 2. The molecule has 28 heavy (non-hydrogen) atoms. The van der Waals surface area contributed by atoms with Crippen LogP contribution in [-0.2, 0) is 16.0 Å². The van der Waals surface area contributed by atoms with Crippen molar-refractivity contribution in [2.24, 2.45) is 0 Å². The van der Waals surface area contributed by atoms with Gasteiger partial charge < -0.3 is 9.47 Å². The summed E-state index contributed by atoms with van der Waals surface area (Å²) in [5.41, 5.74) is 2.71. The van der Waals surface area contributed by atoms with E-state index >= 15 is 0 Å². The van der Waals surface area contributed by atoms with Gasteiger partial charge in [-0.2, -0.15) is 0 Å². The fraction of sp³-hybridized carbons (Fsp3) is 0.261. The van der Waals surface area contributed by atoms with E-state index in [2.05, 4.69) is 47.4 Å². The van der Waals surface area contributed by atoms with Crippen molar-refractivity contribution in [2.45, 2.75) is 6.42 Å². The van der Waals surface area contributed by atoms with Gasteiger partial charge >= 0.3 is 5.97 Å². The van der Waals surface area contributed by atoms with Crippen molar-refractivity contribution in [3.05, 3.63) is 59.7 Å². The number of carbonyl (C=O) groups is 1. The first-order chi connectivity index (χ1) is 13.3. The lowest BCUT2D eigenvalue weighted by Gasteiger charge is -2.25. The van der Waals surface area contributed by atoms with Gasteiger partial charge in [-0.3, -0.25) is 9.69 Å². The van der Waals surface area contributed by atoms with Gasteiger partial charge in [0, 0.05) is 13.1 Å². The lowest BCUT2D eigenvalue weighted by Crippen LogP contribution is -2.40. The number of carbonyl (C=O) groups excluding carboxylic acids is 1. The zero-order valence-corrected chi connectivity index (χ0v) is 16.3. The van der Waals surface area contributed by atoms with Crippen molar-refractivity contribution in [3.8, 4) is 5.75 Å². The second-order valence-corrected chi connectivity index (χ2v) is 7.15. The average molecular weight is 396 g/mol. The van der Waals surface area contributed by atoms with Crippen LogP contribution in [0.25, 0.3) is 27.6 Å². The summed E-state index contributed by atoms with van der Waals surface area (Å²) < 4.78 is 10.9. The molecule has 1 aliphatic heterocycles. The first-order valence-corrected chi connectivity index (χ1v) is 9.44. The van der Waals surface area contributed by atoms with E-state index in [4.69, 9.17) is 9.47 Å². The van der Waals surface area contributed by atoms with E-state index in [1.165, 1.54) is 27.3 Å². The van der Waals surface area contributed by atoms with Gasteiger partial charge in [-0.1, -0.05) is 42.5 Å². The highest BCUT2D eigenvalue weighted by molar-refractivity contribution is 6.10. The Kier molecular flexibility index (Phi) is 5.36. The number of hydrogen-bond donors (Lipinski definition) is 0. The lowest BCUT2D eigenvalue weighted by molar-refractivity contribution is -0.136. The molecule has 1 saturated heterocycles. The topological polar surface area (TPSA) is 38.8 Å². The molecule has 0 atom stereocenters. The number of hydrogen-bond acceptors (Lipinski definition) is 4. The third kappa shape index (κ3) is 3.51. The van der Waals surface area contributed by atoms with Crippen LogP contribution in [-0.4, -0.2) is 43.7 Å². The van der Waals surface area contributed by atoms with Gasteiger partial charge in [0.1, 0.15) is 5.75 Å². The van der Waals surface area contributed by atoms with Gasteiger partial charge in [-0.25, -0.2) is 0 Å². The molecule has 1 aliphatic carbocycles. The van der Waals surface area contributed by atoms with Crippen molar-refractivity contribution in [2.75, 3.05) is 32.8 Å². The molecule has 0 unspecified atom stereocenters. The highest BCUT2D eigenvalue weighted by Gasteiger charge is 2.16. The van der Waals surface area contributed by atoms with E-state index in [0.717, 1.165) is 24.9 Å². The molecule has 0 saturated carbocycles. The van der Waals surface area contributed by atoms with Gasteiger partial charge in [0.25, 0.3) is 0 Å². The van der Waals surface area contributed by atoms with Crippen LogP contribution in [0, 0.1) is 0 Å². The van der Waals surface area contributed by atoms with Crippen LogP contribution in [0.2, 0.25) is 0 Å². The van der Waals surface area contributed by atoms with Crippen LogP contribution in [0.15, 0.2) is 48.5 Å². The van der Waals surface area contributed by atoms with E-state index < -0.39 is 0 Å². The minimum atomic E-state index is -0.221. The zero-order valence-electron chi connectivity index (χ0n) is 15.5. The molecule has 1 fully saturated rings. The van der Waals surface area contributed by atoms with Gasteiger partial charge in [0.05, 0.1) is 19.8 Å². The second-order valence-electron chi connectivity index (χ2n) is 7.15. The monoisotopic (exact) mass is 395 g/mol. The predicted octanol–water partition coefficient (Wildman–Crippen LogP) is 4.22. The number of benzene rings is 3. The van der Waals surface area contributed by atoms with Crippen molar-refractivity contribution >= 4 is 46.0 Å². The van der Waals surface area contributed by atoms with Gasteiger partial charge in [0.15, 0.2) is 0 Å². The van der Waals surface area contributed by atoms with Crippen molar-refractivity contribution in [1.82, 2.24) is 4.90 Å². The van der Waals surface area contributed by atoms with E-state index in [9.17, 15) is 4.79 Å². The SMILES string of the molecule is Cl.O=C(CN1CCOCC1)Oc1ccc2c(ccc3c4c(ccc32)C=CC4)c1. The highest BCUT2D eigenvalue weighted by Crippen LogP contribution is 2.34. The Morgan fingerprint density at radius 3 is 2.64 bits per heavy atom. The third-order valence-corrected chi connectivity index (χ3v) is 5.44. The highest BCUT2D eigenvalue weighted by atomic mass is 35.5. The quantitative estimate of drug-likeness (QED) is 0.378. The van der Waals surface area contributed by atoms with Crippen LogP contribution in [0.5, 0.6) is 5.75 Å². The van der Waals surface area contributed by atoms with Crippen LogP contribution in [0.1, 0.15) is 11.1 Å². The Labute approximate surface area is 170 Å². The standard InChI is InChI=1S/C23H21NO3.ClH/c25-23(15-24-10-12-26-13-11-24)27-18-6-9-20-17(14-18)5-8-21-19-3-1-2-16(19)4-7-22(20)21;/h1-2,4-9,14H,3,10-13,15H2;1H. The molecule has 2 aliphatic rings. The number of halogens is 1. The summed E-state index contributed by atoms with van der Waals surface area (Å²) in [7, 11) is 0. The molecular formula is C23H22ClNO3. The Hall–Kier alpha value is -2.40. The van der Waals surface area contributed by atoms with E-state index in [1.54, 1.807) is 0 Å². The minimum Gasteiger partial charge on any atom is -0.426 e. The van der Waals surface area contributed by atoms with E-state index in [0.29, 0.717) is 25.5 Å². The van der Waals surface area contributed by atoms with Gasteiger partial charge in [-0.15, -0.1) is 12.4 Å². The number of morpholine rings is 1. The normalized spacial score (nSPS) is 16.1. The molecule has 3 aromatic carbocycles. The molecule has 5 heteroatoms. The van der Waals surface area contributed by atoms with Gasteiger partial charge in [-0.05, 0) is 51.2 Å². The van der Waals surface area contributed by atoms with E-state index in [1.807, 2.05) is 12.1 Å². The first-order valence-electron chi connectivity index (χ1n) is 9.44. The molecule has 0 amide bonds. The third-order valence-electron chi connectivity index (χ3n) is 5.44. The summed E-state index contributed by atoms with van der Waals surface area (Å²) in [6, 6.07) is 14.6. The number of esters is 1. The molecule has 0 bridgehead atoms. The van der Waals surface area contributed by atoms with Crippen LogP contribution < -0.4 is 4.74 Å². The lowest BCUT2D eigenvalue weighted by atomic mass is 9.96. The number of nitrogens with zero attached hydrogens (tertiary/aromatic N) is 1. The maximum absolute atomic E-state index is 12.2. The Morgan fingerprint density at radius 2 is 1.79 bits per heavy atom. The first kappa shape index (κ1) is 18.9. The van der Waals surface area contributed by atoms with Crippen LogP contribution in [0.4, 0.5) is 0 Å². The molecule has 3 aromatic rings. The molecule has 0 aromatic heterocycles. The summed E-state index contributed by atoms with van der Waals surface area (Å²) in [5.74, 6) is 0.379. The molecule has 1 heterocycles. The fourth-order valence-corrected chi connectivity index (χ4v) is 4.06. The fourth-order valence-electron chi connectivity index (χ4n) is 4.06. The Bertz CT molecular complexity index is 1070. The zero-order chi connectivity index (χ0) is 18.2. The summed E-state index contributed by atoms with van der Waals surface area (Å²) in [4.78, 5) is 14.3.